The van der Waals surface area contributed by atoms with Gasteiger partial charge in [0.05, 0.1) is 18.5 Å². The normalized spacial score (nSPS) is 11.8. The number of hydrogen-bond acceptors (Lipinski definition) is 2. The van der Waals surface area contributed by atoms with Gasteiger partial charge in [-0.3, -0.25) is 0 Å². The molecule has 0 heterocycles. The smallest absolute Gasteiger partial charge is 0.185 e. The Morgan fingerprint density at radius 2 is 1.57 bits per heavy atom. The monoisotopic (exact) mass is 294 g/mol. The van der Waals surface area contributed by atoms with E-state index in [9.17, 15) is 17.6 Å². The van der Waals surface area contributed by atoms with Crippen molar-refractivity contribution in [3.63, 3.8) is 0 Å². The van der Waals surface area contributed by atoms with E-state index >= 15 is 0 Å². The lowest BCUT2D eigenvalue weighted by atomic mass is 10.0. The molecule has 0 saturated carbocycles. The van der Waals surface area contributed by atoms with Crippen LogP contribution in [0, 0.1) is 34.6 Å². The van der Waals surface area contributed by atoms with Crippen molar-refractivity contribution < 1.29 is 17.6 Å². The van der Waals surface area contributed by atoms with E-state index in [1.165, 1.54) is 0 Å². The average Bonchev–Trinajstić information content (AvgIpc) is 2.49. The summed E-state index contributed by atoms with van der Waals surface area (Å²) in [5.41, 5.74) is -0.348. The van der Waals surface area contributed by atoms with Crippen LogP contribution in [-0.4, -0.2) is 0 Å². The second-order valence-electron chi connectivity index (χ2n) is 4.31. The molecule has 2 aromatic rings. The summed E-state index contributed by atoms with van der Waals surface area (Å²) in [7, 11) is 0. The van der Waals surface area contributed by atoms with Crippen LogP contribution in [-0.2, 0) is 0 Å². The summed E-state index contributed by atoms with van der Waals surface area (Å²) in [4.78, 5) is 0. The fourth-order valence-electron chi connectivity index (χ4n) is 1.90. The lowest BCUT2D eigenvalue weighted by Gasteiger charge is -2.19. The predicted molar refractivity (Wildman–Crippen MR) is 69.3 cm³/mol. The van der Waals surface area contributed by atoms with Gasteiger partial charge in [0, 0.05) is 6.07 Å². The van der Waals surface area contributed by atoms with Crippen LogP contribution in [0.3, 0.4) is 0 Å². The molecule has 0 spiro atoms. The predicted octanol–water partition coefficient (Wildman–Crippen LogP) is 4.31. The Morgan fingerprint density at radius 3 is 2.10 bits per heavy atom. The van der Waals surface area contributed by atoms with Crippen LogP contribution in [0.25, 0.3) is 0 Å². The summed E-state index contributed by atoms with van der Waals surface area (Å²) < 4.78 is 53.6. The Hall–Kier alpha value is -2.55. The molecular weight excluding hydrogens is 284 g/mol. The molecule has 2 aromatic carbocycles. The van der Waals surface area contributed by atoms with Crippen molar-refractivity contribution in [2.75, 3.05) is 5.32 Å². The molecule has 0 aliphatic heterocycles. The molecule has 6 heteroatoms. The van der Waals surface area contributed by atoms with Crippen LogP contribution >= 0.6 is 0 Å². The van der Waals surface area contributed by atoms with Crippen LogP contribution in [0.1, 0.15) is 18.0 Å². The zero-order valence-corrected chi connectivity index (χ0v) is 10.7. The summed E-state index contributed by atoms with van der Waals surface area (Å²) >= 11 is 0. The molecule has 21 heavy (non-hydrogen) atoms. The minimum atomic E-state index is -1.52. The number of anilines is 1. The van der Waals surface area contributed by atoms with Gasteiger partial charge < -0.3 is 5.32 Å². The Bertz CT molecular complexity index is 654. The van der Waals surface area contributed by atoms with Gasteiger partial charge in [-0.05, 0) is 5.56 Å². The molecule has 0 aromatic heterocycles. The Labute approximate surface area is 118 Å². The van der Waals surface area contributed by atoms with Crippen molar-refractivity contribution in [1.82, 2.24) is 0 Å². The van der Waals surface area contributed by atoms with Gasteiger partial charge in [-0.2, -0.15) is 5.26 Å². The molecule has 0 aliphatic carbocycles. The quantitative estimate of drug-likeness (QED) is 0.673. The molecule has 1 atom stereocenters. The van der Waals surface area contributed by atoms with E-state index < -0.39 is 35.0 Å². The number of halogens is 4. The summed E-state index contributed by atoms with van der Waals surface area (Å²) in [6.07, 6.45) is -0.124. The summed E-state index contributed by atoms with van der Waals surface area (Å²) in [5.74, 6) is -6.04. The Morgan fingerprint density at radius 1 is 1.00 bits per heavy atom. The lowest BCUT2D eigenvalue weighted by molar-refractivity contribution is 0.456. The highest BCUT2D eigenvalue weighted by molar-refractivity contribution is 5.49. The third kappa shape index (κ3) is 3.14. The molecule has 0 radical (unpaired) electrons. The number of rotatable bonds is 4. The summed E-state index contributed by atoms with van der Waals surface area (Å²) in [5, 5.41) is 11.2. The fourth-order valence-corrected chi connectivity index (χ4v) is 1.90. The highest BCUT2D eigenvalue weighted by Crippen LogP contribution is 2.29. The fraction of sp³-hybridized carbons (Fsp3) is 0.133. The van der Waals surface area contributed by atoms with E-state index in [1.54, 1.807) is 30.3 Å². The molecule has 2 rings (SSSR count). The van der Waals surface area contributed by atoms with Gasteiger partial charge in [-0.15, -0.1) is 0 Å². The number of nitriles is 1. The van der Waals surface area contributed by atoms with Crippen molar-refractivity contribution in [2.24, 2.45) is 0 Å². The highest BCUT2D eigenvalue weighted by Gasteiger charge is 2.22. The maximum atomic E-state index is 13.6. The van der Waals surface area contributed by atoms with Crippen LogP contribution in [0.15, 0.2) is 36.4 Å². The van der Waals surface area contributed by atoms with Crippen molar-refractivity contribution in [3.05, 3.63) is 65.2 Å². The minimum Gasteiger partial charge on any atom is -0.372 e. The van der Waals surface area contributed by atoms with E-state index in [4.69, 9.17) is 5.26 Å². The molecule has 108 valence electrons. The number of benzene rings is 2. The molecule has 1 N–H and O–H groups in total. The van der Waals surface area contributed by atoms with E-state index in [0.29, 0.717) is 5.56 Å². The van der Waals surface area contributed by atoms with Gasteiger partial charge in [0.2, 0.25) is 0 Å². The van der Waals surface area contributed by atoms with E-state index in [0.717, 1.165) is 0 Å². The second-order valence-corrected chi connectivity index (χ2v) is 4.31. The molecular formula is C15H10F4N2. The van der Waals surface area contributed by atoms with Crippen LogP contribution in [0.4, 0.5) is 23.2 Å². The van der Waals surface area contributed by atoms with Crippen LogP contribution < -0.4 is 5.32 Å². The molecule has 0 bridgehead atoms. The molecule has 0 saturated heterocycles. The molecule has 0 aliphatic rings. The summed E-state index contributed by atoms with van der Waals surface area (Å²) in [6, 6.07) is 9.58. The van der Waals surface area contributed by atoms with Crippen LogP contribution in [0.5, 0.6) is 0 Å². The maximum absolute atomic E-state index is 13.6. The van der Waals surface area contributed by atoms with Gasteiger partial charge in [0.15, 0.2) is 23.3 Å². The number of hydrogen-bond donors (Lipinski definition) is 1. The van der Waals surface area contributed by atoms with Crippen molar-refractivity contribution in [3.8, 4) is 6.07 Å². The third-order valence-electron chi connectivity index (χ3n) is 2.93. The topological polar surface area (TPSA) is 35.8 Å². The third-order valence-corrected chi connectivity index (χ3v) is 2.93. The maximum Gasteiger partial charge on any atom is 0.185 e. The number of nitrogens with one attached hydrogen (secondary N) is 1. The molecule has 1 unspecified atom stereocenters. The first-order valence-electron chi connectivity index (χ1n) is 6.06. The van der Waals surface area contributed by atoms with E-state index in [1.807, 2.05) is 6.07 Å². The minimum absolute atomic E-state index is 0.124. The first kappa shape index (κ1) is 14.9. The zero-order chi connectivity index (χ0) is 15.4. The Kier molecular flexibility index (Phi) is 4.43. The van der Waals surface area contributed by atoms with Crippen molar-refractivity contribution in [2.45, 2.75) is 12.5 Å². The Balaban J connectivity index is 2.41. The number of nitrogens with zero attached hydrogens (tertiary/aromatic N) is 1. The van der Waals surface area contributed by atoms with Gasteiger partial charge in [0.1, 0.15) is 5.69 Å². The summed E-state index contributed by atoms with van der Waals surface area (Å²) in [6.45, 7) is 0. The first-order chi connectivity index (χ1) is 10.0. The standard InChI is InChI=1S/C15H10F4N2/c16-10-8-11(17)14(19)15(13(10)18)21-12(6-7-20)9-4-2-1-3-5-9/h1-5,8,12,21H,6H2. The van der Waals surface area contributed by atoms with Crippen molar-refractivity contribution in [1.29, 1.82) is 5.26 Å². The van der Waals surface area contributed by atoms with Crippen molar-refractivity contribution >= 4 is 5.69 Å². The van der Waals surface area contributed by atoms with Crippen LogP contribution in [0.2, 0.25) is 0 Å². The van der Waals surface area contributed by atoms with E-state index in [-0.39, 0.29) is 12.5 Å². The highest BCUT2D eigenvalue weighted by atomic mass is 19.2. The van der Waals surface area contributed by atoms with Gasteiger partial charge in [-0.25, -0.2) is 17.6 Å². The first-order valence-corrected chi connectivity index (χ1v) is 6.06. The van der Waals surface area contributed by atoms with E-state index in [2.05, 4.69) is 5.32 Å². The average molecular weight is 294 g/mol. The van der Waals surface area contributed by atoms with Gasteiger partial charge in [-0.1, -0.05) is 30.3 Å². The molecule has 0 fully saturated rings. The zero-order valence-electron chi connectivity index (χ0n) is 10.7. The largest absolute Gasteiger partial charge is 0.372 e. The van der Waals surface area contributed by atoms with Gasteiger partial charge >= 0.3 is 0 Å². The SMILES string of the molecule is N#CCC(Nc1c(F)c(F)cc(F)c1F)c1ccccc1. The van der Waals surface area contributed by atoms with Gasteiger partial charge in [0.25, 0.3) is 0 Å². The molecule has 2 nitrogen and oxygen atoms in total. The lowest BCUT2D eigenvalue weighted by Crippen LogP contribution is -2.14. The second kappa shape index (κ2) is 6.27. The molecule has 0 amide bonds.